The van der Waals surface area contributed by atoms with Gasteiger partial charge in [-0.2, -0.15) is 5.26 Å². The highest BCUT2D eigenvalue weighted by molar-refractivity contribution is 7.91. The van der Waals surface area contributed by atoms with Crippen LogP contribution in [0.4, 0.5) is 0 Å². The lowest BCUT2D eigenvalue weighted by Gasteiger charge is -2.21. The first-order chi connectivity index (χ1) is 18.3. The lowest BCUT2D eigenvalue weighted by atomic mass is 10.0. The standard InChI is InChI=1S/C29H37N5O3SSi/c1-19-15-24(36-5)25(21-11-12-31-26(19)21)27(33-38(35)29(2,3)4)28-32-22-16-20(17-30)9-10-23(22)34(28)18-37-13-14-39(6,7)8/h9-12,15-16,31H,13-14,18H2,1-8H3. The minimum atomic E-state index is -1.59. The van der Waals surface area contributed by atoms with E-state index in [1.807, 2.05) is 56.7 Å². The predicted molar refractivity (Wildman–Crippen MR) is 162 cm³/mol. The van der Waals surface area contributed by atoms with Gasteiger partial charge in [0.05, 0.1) is 35.3 Å². The highest BCUT2D eigenvalue weighted by atomic mass is 32.2. The highest BCUT2D eigenvalue weighted by Gasteiger charge is 2.32. The van der Waals surface area contributed by atoms with Crippen LogP contribution in [0.25, 0.3) is 21.9 Å². The summed E-state index contributed by atoms with van der Waals surface area (Å²) >= 11 is -1.59. The quantitative estimate of drug-likeness (QED) is 0.111. The topological polar surface area (TPSA) is 111 Å². The third-order valence-electron chi connectivity index (χ3n) is 6.47. The van der Waals surface area contributed by atoms with Gasteiger partial charge < -0.3 is 19.0 Å². The van der Waals surface area contributed by atoms with Gasteiger partial charge in [-0.25, -0.2) is 4.98 Å². The first-order valence-electron chi connectivity index (χ1n) is 13.0. The van der Waals surface area contributed by atoms with Gasteiger partial charge >= 0.3 is 0 Å². The van der Waals surface area contributed by atoms with E-state index in [-0.39, 0.29) is 6.73 Å². The molecule has 0 saturated carbocycles. The number of aromatic amines is 1. The van der Waals surface area contributed by atoms with Crippen molar-refractivity contribution in [2.75, 3.05) is 13.7 Å². The van der Waals surface area contributed by atoms with Crippen LogP contribution < -0.4 is 4.74 Å². The fourth-order valence-electron chi connectivity index (χ4n) is 4.25. The van der Waals surface area contributed by atoms with Crippen molar-refractivity contribution in [2.24, 2.45) is 4.40 Å². The fraction of sp³-hybridized carbons (Fsp3) is 0.414. The number of aromatic nitrogens is 3. The number of benzene rings is 2. The van der Waals surface area contributed by atoms with Crippen molar-refractivity contribution in [1.29, 1.82) is 5.26 Å². The molecule has 0 spiro atoms. The van der Waals surface area contributed by atoms with E-state index in [0.717, 1.165) is 28.0 Å². The Morgan fingerprint density at radius 3 is 2.62 bits per heavy atom. The second kappa shape index (κ2) is 11.2. The lowest BCUT2D eigenvalue weighted by Crippen LogP contribution is -2.28. The molecule has 39 heavy (non-hydrogen) atoms. The third-order valence-corrected chi connectivity index (χ3v) is 9.57. The van der Waals surface area contributed by atoms with Gasteiger partial charge in [0, 0.05) is 31.8 Å². The van der Waals surface area contributed by atoms with E-state index in [9.17, 15) is 9.81 Å². The Hall–Kier alpha value is -3.10. The van der Waals surface area contributed by atoms with Crippen molar-refractivity contribution in [2.45, 2.75) is 64.9 Å². The van der Waals surface area contributed by atoms with E-state index >= 15 is 0 Å². The van der Waals surface area contributed by atoms with Crippen LogP contribution in [0.3, 0.4) is 0 Å². The molecule has 0 radical (unpaired) electrons. The molecule has 1 unspecified atom stereocenters. The number of H-pyrrole nitrogens is 1. The Balaban J connectivity index is 1.99. The van der Waals surface area contributed by atoms with Crippen molar-refractivity contribution in [3.63, 3.8) is 0 Å². The number of nitriles is 1. The summed E-state index contributed by atoms with van der Waals surface area (Å²) in [6.07, 6.45) is 1.88. The lowest BCUT2D eigenvalue weighted by molar-refractivity contribution is 0.0895. The van der Waals surface area contributed by atoms with Crippen LogP contribution in [0.15, 0.2) is 40.9 Å². The van der Waals surface area contributed by atoms with Crippen LogP contribution in [0.5, 0.6) is 5.75 Å². The fourth-order valence-corrected chi connectivity index (χ4v) is 5.62. The summed E-state index contributed by atoms with van der Waals surface area (Å²) in [5.74, 6) is 1.12. The van der Waals surface area contributed by atoms with Crippen molar-refractivity contribution < 1.29 is 14.0 Å². The molecule has 8 nitrogen and oxygen atoms in total. The molecule has 1 N–H and O–H groups in total. The molecular weight excluding hydrogens is 527 g/mol. The highest BCUT2D eigenvalue weighted by Crippen LogP contribution is 2.35. The molecule has 0 saturated heterocycles. The number of nitrogens with one attached hydrogen (secondary N) is 1. The molecule has 10 heteroatoms. The molecule has 1 atom stereocenters. The van der Waals surface area contributed by atoms with Crippen molar-refractivity contribution in [3.8, 4) is 11.8 Å². The van der Waals surface area contributed by atoms with E-state index in [1.165, 1.54) is 0 Å². The van der Waals surface area contributed by atoms with Crippen LogP contribution in [-0.2, 0) is 22.8 Å². The number of hydrogen-bond acceptors (Lipinski definition) is 6. The molecule has 0 bridgehead atoms. The first-order valence-corrected chi connectivity index (χ1v) is 17.8. The molecule has 2 heterocycles. The van der Waals surface area contributed by atoms with Crippen LogP contribution >= 0.6 is 0 Å². The van der Waals surface area contributed by atoms with Gasteiger partial charge in [0.2, 0.25) is 0 Å². The number of fused-ring (bicyclic) bond motifs is 2. The molecule has 0 fully saturated rings. The normalized spacial score (nSPS) is 13.7. The minimum absolute atomic E-state index is 0.244. The maximum Gasteiger partial charge on any atom is 0.168 e. The van der Waals surface area contributed by atoms with E-state index in [2.05, 4.69) is 30.7 Å². The summed E-state index contributed by atoms with van der Waals surface area (Å²) in [6.45, 7) is 15.5. The monoisotopic (exact) mass is 563 g/mol. The maximum absolute atomic E-state index is 13.5. The van der Waals surface area contributed by atoms with Gasteiger partial charge in [-0.15, -0.1) is 0 Å². The van der Waals surface area contributed by atoms with E-state index < -0.39 is 24.2 Å². The van der Waals surface area contributed by atoms with E-state index in [1.54, 1.807) is 19.2 Å². The second-order valence-corrected chi connectivity index (χ2v) is 19.4. The number of hydrogen-bond donors (Lipinski definition) is 1. The first kappa shape index (κ1) is 28.9. The van der Waals surface area contributed by atoms with Gasteiger partial charge in [0.15, 0.2) is 11.5 Å². The maximum atomic E-state index is 13.5. The summed E-state index contributed by atoms with van der Waals surface area (Å²) in [5.41, 5.74) is 5.08. The van der Waals surface area contributed by atoms with Crippen LogP contribution in [0, 0.1) is 18.3 Å². The average Bonchev–Trinajstić information content (AvgIpc) is 3.49. The van der Waals surface area contributed by atoms with Crippen LogP contribution in [0.1, 0.15) is 43.3 Å². The van der Waals surface area contributed by atoms with Gasteiger partial charge in [-0.3, -0.25) is 4.57 Å². The van der Waals surface area contributed by atoms with Crippen molar-refractivity contribution >= 4 is 47.1 Å². The third kappa shape index (κ3) is 6.22. The molecule has 2 aromatic heterocycles. The summed E-state index contributed by atoms with van der Waals surface area (Å²) in [7, 11) is 0.335. The van der Waals surface area contributed by atoms with Gasteiger partial charge in [0.1, 0.15) is 28.6 Å². The largest absolute Gasteiger partial charge is 0.591 e. The smallest absolute Gasteiger partial charge is 0.168 e. The molecule has 0 aliphatic heterocycles. The summed E-state index contributed by atoms with van der Waals surface area (Å²) in [6, 6.07) is 12.6. The number of aryl methyl sites for hydroxylation is 1. The molecule has 206 valence electrons. The summed E-state index contributed by atoms with van der Waals surface area (Å²) < 4.78 is 31.8. The van der Waals surface area contributed by atoms with E-state index in [4.69, 9.17) is 18.9 Å². The molecule has 0 aliphatic carbocycles. The Morgan fingerprint density at radius 1 is 1.23 bits per heavy atom. The molecule has 0 amide bonds. The molecular formula is C29H37N5O3SSi. The Labute approximate surface area is 234 Å². The molecule has 2 aromatic carbocycles. The second-order valence-electron chi connectivity index (χ2n) is 11.9. The number of imidazole rings is 1. The summed E-state index contributed by atoms with van der Waals surface area (Å²) in [4.78, 5) is 8.27. The van der Waals surface area contributed by atoms with E-state index in [0.29, 0.717) is 40.5 Å². The Kier molecular flexibility index (Phi) is 8.28. The zero-order valence-electron chi connectivity index (χ0n) is 24.0. The Bertz CT molecular complexity index is 1570. The van der Waals surface area contributed by atoms with Gasteiger partial charge in [0.25, 0.3) is 0 Å². The molecule has 4 rings (SSSR count). The van der Waals surface area contributed by atoms with Crippen LogP contribution in [0.2, 0.25) is 25.7 Å². The number of methoxy groups -OCH3 is 1. The number of ether oxygens (including phenoxy) is 2. The van der Waals surface area contributed by atoms with Gasteiger partial charge in [-0.1, -0.05) is 24.0 Å². The molecule has 4 aromatic rings. The molecule has 0 aliphatic rings. The SMILES string of the molecule is COc1cc(C)c2[nH]ccc2c1C(=N[S+]([O-])C(C)(C)C)c1nc2cc(C#N)ccc2n1COCC[Si](C)(C)C. The van der Waals surface area contributed by atoms with Crippen molar-refractivity contribution in [1.82, 2.24) is 14.5 Å². The van der Waals surface area contributed by atoms with Crippen molar-refractivity contribution in [3.05, 3.63) is 59.0 Å². The average molecular weight is 564 g/mol. The Morgan fingerprint density at radius 2 is 1.97 bits per heavy atom. The van der Waals surface area contributed by atoms with Gasteiger partial charge in [-0.05, 0) is 69.6 Å². The zero-order valence-corrected chi connectivity index (χ0v) is 25.8. The number of nitrogens with zero attached hydrogens (tertiary/aromatic N) is 4. The minimum Gasteiger partial charge on any atom is -0.591 e. The zero-order chi connectivity index (χ0) is 28.5. The number of rotatable bonds is 9. The predicted octanol–water partition coefficient (Wildman–Crippen LogP) is 6.32. The summed E-state index contributed by atoms with van der Waals surface area (Å²) in [5, 5.41) is 10.4. The van der Waals surface area contributed by atoms with Crippen LogP contribution in [-0.4, -0.2) is 51.3 Å².